The number of aromatic nitrogens is 4. The lowest BCUT2D eigenvalue weighted by Gasteiger charge is -2.42. The van der Waals surface area contributed by atoms with Gasteiger partial charge in [0, 0.05) is 25.8 Å². The van der Waals surface area contributed by atoms with Crippen LogP contribution < -0.4 is 10.6 Å². The van der Waals surface area contributed by atoms with Crippen molar-refractivity contribution < 1.29 is 15.7 Å². The lowest BCUT2D eigenvalue weighted by Crippen LogP contribution is -2.50. The van der Waals surface area contributed by atoms with E-state index >= 15 is 0 Å². The van der Waals surface area contributed by atoms with E-state index in [1.165, 1.54) is 6.92 Å². The van der Waals surface area contributed by atoms with Gasteiger partial charge in [-0.3, -0.25) is 9.59 Å². The second-order valence-electron chi connectivity index (χ2n) is 8.16. The monoisotopic (exact) mass is 393 g/mol. The standard InChI is InChI=1S/C19H32N6O3/c1-12(21-13(2)26)7-8-28-19(27)17-10-16-9-14(3-5-15(16)11-20-17)4-6-18-22-24-25-23-18/h12,14-17,20H,3-11H2,1-2H3,(H,21,26)(H,22,23,24,25)/t12-,14-,15+,16-,17+/m1/s1/i17D. The zero-order valence-electron chi connectivity index (χ0n) is 17.7. The Hall–Kier alpha value is -2.03. The van der Waals surface area contributed by atoms with Gasteiger partial charge in [-0.1, -0.05) is 11.6 Å². The minimum absolute atomic E-state index is 0.0658. The third kappa shape index (κ3) is 5.98. The summed E-state index contributed by atoms with van der Waals surface area (Å²) in [7, 11) is 0. The van der Waals surface area contributed by atoms with Gasteiger partial charge in [-0.2, -0.15) is 5.21 Å². The molecule has 2 aliphatic rings. The van der Waals surface area contributed by atoms with E-state index in [0.29, 0.717) is 37.1 Å². The first kappa shape index (κ1) is 19.3. The van der Waals surface area contributed by atoms with E-state index < -0.39 is 12.0 Å². The Kier molecular flexibility index (Phi) is 6.86. The van der Waals surface area contributed by atoms with Gasteiger partial charge in [-0.25, -0.2) is 0 Å². The number of tetrazole rings is 1. The fourth-order valence-corrected chi connectivity index (χ4v) is 4.41. The van der Waals surface area contributed by atoms with Crippen molar-refractivity contribution in [2.45, 2.75) is 70.9 Å². The van der Waals surface area contributed by atoms with E-state index in [9.17, 15) is 9.59 Å². The van der Waals surface area contributed by atoms with Crippen LogP contribution >= 0.6 is 0 Å². The second-order valence-corrected chi connectivity index (χ2v) is 8.16. The highest BCUT2D eigenvalue weighted by Crippen LogP contribution is 2.40. The predicted molar refractivity (Wildman–Crippen MR) is 102 cm³/mol. The van der Waals surface area contributed by atoms with Gasteiger partial charge in [0.05, 0.1) is 7.98 Å². The quantitative estimate of drug-likeness (QED) is 0.563. The van der Waals surface area contributed by atoms with Crippen molar-refractivity contribution in [1.82, 2.24) is 31.3 Å². The molecule has 1 aromatic heterocycles. The van der Waals surface area contributed by atoms with E-state index in [0.717, 1.165) is 37.9 Å². The summed E-state index contributed by atoms with van der Waals surface area (Å²) in [4.78, 5) is 23.6. The zero-order chi connectivity index (χ0) is 20.9. The number of fused-ring (bicyclic) bond motifs is 1. The fourth-order valence-electron chi connectivity index (χ4n) is 4.41. The van der Waals surface area contributed by atoms with E-state index in [1.807, 2.05) is 6.92 Å². The fraction of sp³-hybridized carbons (Fsp3) is 0.842. The molecule has 3 N–H and O–H groups in total. The molecule has 0 bridgehead atoms. The van der Waals surface area contributed by atoms with Crippen molar-refractivity contribution >= 4 is 11.9 Å². The van der Waals surface area contributed by atoms with E-state index in [-0.39, 0.29) is 18.6 Å². The van der Waals surface area contributed by atoms with Crippen LogP contribution in [-0.2, 0) is 20.7 Å². The number of hydrogen-bond donors (Lipinski definition) is 3. The molecule has 156 valence electrons. The first-order valence-electron chi connectivity index (χ1n) is 10.8. The van der Waals surface area contributed by atoms with Gasteiger partial charge < -0.3 is 15.4 Å². The van der Waals surface area contributed by atoms with Crippen LogP contribution in [0.4, 0.5) is 0 Å². The van der Waals surface area contributed by atoms with Crippen molar-refractivity contribution in [3.8, 4) is 0 Å². The first-order chi connectivity index (χ1) is 13.9. The lowest BCUT2D eigenvalue weighted by molar-refractivity contribution is -0.148. The first-order valence-corrected chi connectivity index (χ1v) is 10.3. The molecule has 0 aromatic carbocycles. The average molecular weight is 394 g/mol. The van der Waals surface area contributed by atoms with Crippen molar-refractivity contribution in [3.63, 3.8) is 0 Å². The molecule has 2 heterocycles. The third-order valence-corrected chi connectivity index (χ3v) is 5.94. The molecule has 9 heteroatoms. The van der Waals surface area contributed by atoms with Crippen molar-refractivity contribution in [1.29, 1.82) is 0 Å². The number of rotatable bonds is 8. The van der Waals surface area contributed by atoms with Gasteiger partial charge >= 0.3 is 5.97 Å². The highest BCUT2D eigenvalue weighted by atomic mass is 16.5. The van der Waals surface area contributed by atoms with E-state index in [1.54, 1.807) is 0 Å². The van der Waals surface area contributed by atoms with Gasteiger partial charge in [-0.05, 0) is 56.9 Å². The van der Waals surface area contributed by atoms with Crippen LogP contribution in [0.25, 0.3) is 0 Å². The van der Waals surface area contributed by atoms with Gasteiger partial charge in [0.25, 0.3) is 0 Å². The molecule has 28 heavy (non-hydrogen) atoms. The Morgan fingerprint density at radius 2 is 2.21 bits per heavy atom. The van der Waals surface area contributed by atoms with Gasteiger partial charge in [-0.15, -0.1) is 10.2 Å². The van der Waals surface area contributed by atoms with Crippen LogP contribution in [0, 0.1) is 17.8 Å². The summed E-state index contributed by atoms with van der Waals surface area (Å²) in [5, 5.41) is 20.0. The molecule has 5 atom stereocenters. The summed E-state index contributed by atoms with van der Waals surface area (Å²) in [6, 6.07) is -1.45. The number of aryl methyl sites for hydroxylation is 1. The van der Waals surface area contributed by atoms with Crippen molar-refractivity contribution in [2.24, 2.45) is 17.8 Å². The molecule has 3 rings (SSSR count). The number of carbonyl (C=O) groups excluding carboxylic acids is 2. The number of amides is 1. The van der Waals surface area contributed by atoms with Crippen LogP contribution in [0.3, 0.4) is 0 Å². The molecule has 1 saturated carbocycles. The number of nitrogens with zero attached hydrogens (tertiary/aromatic N) is 3. The maximum atomic E-state index is 12.6. The van der Waals surface area contributed by atoms with Gasteiger partial charge in [0.2, 0.25) is 5.91 Å². The maximum absolute atomic E-state index is 12.6. The molecule has 1 aliphatic heterocycles. The van der Waals surface area contributed by atoms with Crippen LogP contribution in [-0.4, -0.2) is 57.7 Å². The number of aromatic amines is 1. The summed E-state index contributed by atoms with van der Waals surface area (Å²) in [6.07, 6.45) is 6.13. The molecule has 2 fully saturated rings. The molecule has 9 nitrogen and oxygen atoms in total. The topological polar surface area (TPSA) is 122 Å². The maximum Gasteiger partial charge on any atom is 0.323 e. The smallest absolute Gasteiger partial charge is 0.323 e. The number of esters is 1. The largest absolute Gasteiger partial charge is 0.464 e. The Morgan fingerprint density at radius 3 is 2.96 bits per heavy atom. The Labute approximate surface area is 167 Å². The number of H-pyrrole nitrogens is 1. The zero-order valence-corrected chi connectivity index (χ0v) is 16.7. The Balaban J connectivity index is 1.46. The van der Waals surface area contributed by atoms with Crippen molar-refractivity contribution in [3.05, 3.63) is 5.82 Å². The van der Waals surface area contributed by atoms with Crippen LogP contribution in [0.1, 0.15) is 59.6 Å². The Bertz CT molecular complexity index is 687. The van der Waals surface area contributed by atoms with Crippen LogP contribution in [0.2, 0.25) is 0 Å². The normalized spacial score (nSPS) is 31.4. The molecule has 1 aliphatic carbocycles. The number of carbonyl (C=O) groups is 2. The van der Waals surface area contributed by atoms with E-state index in [2.05, 4.69) is 31.3 Å². The summed E-state index contributed by atoms with van der Waals surface area (Å²) in [5.74, 6) is 1.55. The van der Waals surface area contributed by atoms with Gasteiger partial charge in [0.15, 0.2) is 5.82 Å². The average Bonchev–Trinajstić information content (AvgIpc) is 3.19. The molecule has 1 saturated heterocycles. The molecule has 1 amide bonds. The van der Waals surface area contributed by atoms with E-state index in [4.69, 9.17) is 6.11 Å². The highest BCUT2D eigenvalue weighted by Gasteiger charge is 2.38. The summed E-state index contributed by atoms with van der Waals surface area (Å²) in [5.41, 5.74) is 0. The number of piperidine rings is 1. The number of ether oxygens (including phenoxy) is 1. The lowest BCUT2D eigenvalue weighted by atomic mass is 9.69. The molecule has 0 unspecified atom stereocenters. The number of nitrogens with one attached hydrogen (secondary N) is 3. The predicted octanol–water partition coefficient (Wildman–Crippen LogP) is 0.985. The summed E-state index contributed by atoms with van der Waals surface area (Å²) in [6.45, 7) is 4.21. The minimum atomic E-state index is -1.38. The highest BCUT2D eigenvalue weighted by molar-refractivity contribution is 5.76. The molecular formula is C19H32N6O3. The molecule has 1 aromatic rings. The number of hydrogen-bond acceptors (Lipinski definition) is 7. The minimum Gasteiger partial charge on any atom is -0.464 e. The molecule has 0 radical (unpaired) electrons. The molecule has 0 spiro atoms. The Morgan fingerprint density at radius 1 is 1.36 bits per heavy atom. The SMILES string of the molecule is [2H][C@@]1(C(=O)OCC[C@@H](C)NC(C)=O)C[C@H]2C[C@@H](CCc3nn[nH]n3)CC[C@H]2CN1. The third-order valence-electron chi connectivity index (χ3n) is 5.94. The van der Waals surface area contributed by atoms with Gasteiger partial charge in [0.1, 0.15) is 6.02 Å². The second kappa shape index (κ2) is 9.95. The summed E-state index contributed by atoms with van der Waals surface area (Å²) < 4.78 is 14.0. The molecular weight excluding hydrogens is 360 g/mol. The van der Waals surface area contributed by atoms with Crippen molar-refractivity contribution in [2.75, 3.05) is 13.2 Å². The summed E-state index contributed by atoms with van der Waals surface area (Å²) >= 11 is 0. The van der Waals surface area contributed by atoms with Crippen LogP contribution in [0.15, 0.2) is 0 Å². The van der Waals surface area contributed by atoms with Crippen LogP contribution in [0.5, 0.6) is 0 Å².